The summed E-state index contributed by atoms with van der Waals surface area (Å²) in [6.45, 7) is 4.37. The van der Waals surface area contributed by atoms with Crippen LogP contribution in [0.3, 0.4) is 0 Å². The monoisotopic (exact) mass is 268 g/mol. The van der Waals surface area contributed by atoms with Crippen molar-refractivity contribution in [1.82, 2.24) is 0 Å². The van der Waals surface area contributed by atoms with Crippen molar-refractivity contribution in [3.8, 4) is 11.5 Å². The molecular weight excluding hydrogens is 248 g/mol. The van der Waals surface area contributed by atoms with E-state index in [1.54, 1.807) is 19.1 Å². The third-order valence-corrected chi connectivity index (χ3v) is 2.36. The van der Waals surface area contributed by atoms with E-state index in [-0.39, 0.29) is 13.2 Å². The summed E-state index contributed by atoms with van der Waals surface area (Å²) in [5.41, 5.74) is 0.953. The molecular formula is C14H20O5. The van der Waals surface area contributed by atoms with Gasteiger partial charge in [0.2, 0.25) is 0 Å². The lowest BCUT2D eigenvalue weighted by atomic mass is 10.1. The minimum Gasteiger partial charge on any atom is -0.490 e. The van der Waals surface area contributed by atoms with E-state index < -0.39 is 5.97 Å². The van der Waals surface area contributed by atoms with Crippen LogP contribution in [0.2, 0.25) is 0 Å². The molecule has 0 unspecified atom stereocenters. The number of aliphatic hydroxyl groups excluding tert-OH is 1. The largest absolute Gasteiger partial charge is 0.490 e. The number of hydrogen-bond acceptors (Lipinski definition) is 5. The molecule has 0 aliphatic rings. The summed E-state index contributed by atoms with van der Waals surface area (Å²) in [7, 11) is 0. The van der Waals surface area contributed by atoms with Crippen molar-refractivity contribution in [2.45, 2.75) is 20.3 Å². The highest BCUT2D eigenvalue weighted by Crippen LogP contribution is 2.28. The molecule has 0 radical (unpaired) electrons. The lowest BCUT2D eigenvalue weighted by Crippen LogP contribution is -2.15. The second-order valence-electron chi connectivity index (χ2n) is 3.78. The molecule has 5 nitrogen and oxygen atoms in total. The van der Waals surface area contributed by atoms with E-state index in [9.17, 15) is 4.79 Å². The number of ether oxygens (including phenoxy) is 3. The highest BCUT2D eigenvalue weighted by molar-refractivity contribution is 5.71. The molecule has 0 fully saturated rings. The summed E-state index contributed by atoms with van der Waals surface area (Å²) in [5, 5.41) is 8.91. The van der Waals surface area contributed by atoms with Crippen LogP contribution in [0.1, 0.15) is 19.4 Å². The predicted octanol–water partition coefficient (Wildman–Crippen LogP) is 1.56. The summed E-state index contributed by atoms with van der Waals surface area (Å²) < 4.78 is 15.6. The Morgan fingerprint density at radius 3 is 2.58 bits per heavy atom. The average molecular weight is 268 g/mol. The van der Waals surface area contributed by atoms with Gasteiger partial charge in [0.25, 0.3) is 0 Å². The number of carbonyl (C=O) groups is 1. The molecule has 1 rings (SSSR count). The van der Waals surface area contributed by atoms with Gasteiger partial charge < -0.3 is 19.3 Å². The van der Waals surface area contributed by atoms with Crippen molar-refractivity contribution in [1.29, 1.82) is 0 Å². The number of aliphatic hydroxyl groups is 1. The van der Waals surface area contributed by atoms with Gasteiger partial charge in [0.15, 0.2) is 18.1 Å². The van der Waals surface area contributed by atoms with Crippen LogP contribution in [0.25, 0.3) is 0 Å². The fourth-order valence-electron chi connectivity index (χ4n) is 1.56. The highest BCUT2D eigenvalue weighted by atomic mass is 16.6. The zero-order valence-corrected chi connectivity index (χ0v) is 11.3. The average Bonchev–Trinajstić information content (AvgIpc) is 2.39. The zero-order valence-electron chi connectivity index (χ0n) is 11.3. The minimum atomic E-state index is -0.413. The van der Waals surface area contributed by atoms with Gasteiger partial charge in [-0.25, -0.2) is 4.79 Å². The van der Waals surface area contributed by atoms with Gasteiger partial charge in [0.05, 0.1) is 13.2 Å². The lowest BCUT2D eigenvalue weighted by molar-refractivity contribution is -0.145. The number of benzene rings is 1. The summed E-state index contributed by atoms with van der Waals surface area (Å²) in [6.07, 6.45) is 0.554. The Balaban J connectivity index is 2.72. The van der Waals surface area contributed by atoms with Gasteiger partial charge in [-0.2, -0.15) is 0 Å². The molecule has 0 heterocycles. The van der Waals surface area contributed by atoms with Crippen LogP contribution in [0.5, 0.6) is 11.5 Å². The molecule has 0 atom stereocenters. The lowest BCUT2D eigenvalue weighted by Gasteiger charge is -2.12. The first kappa shape index (κ1) is 15.3. The van der Waals surface area contributed by atoms with Crippen molar-refractivity contribution in [2.24, 2.45) is 0 Å². The molecule has 5 heteroatoms. The molecule has 19 heavy (non-hydrogen) atoms. The first-order valence-corrected chi connectivity index (χ1v) is 6.36. The maximum atomic E-state index is 11.2. The van der Waals surface area contributed by atoms with Gasteiger partial charge in [0, 0.05) is 6.61 Å². The summed E-state index contributed by atoms with van der Waals surface area (Å²) in [6, 6.07) is 5.37. The van der Waals surface area contributed by atoms with Crippen molar-refractivity contribution in [2.75, 3.05) is 26.4 Å². The molecule has 0 aliphatic carbocycles. The van der Waals surface area contributed by atoms with E-state index in [1.165, 1.54) is 0 Å². The van der Waals surface area contributed by atoms with E-state index in [0.717, 1.165) is 5.56 Å². The molecule has 0 aliphatic heterocycles. The molecule has 1 aromatic rings. The standard InChI is InChI=1S/C14H20O5/c1-3-17-13-9-11(7-8-15)5-6-12(13)19-10-14(16)18-4-2/h5-6,9,15H,3-4,7-8,10H2,1-2H3. The fourth-order valence-corrected chi connectivity index (χ4v) is 1.56. The summed E-state index contributed by atoms with van der Waals surface area (Å²) >= 11 is 0. The Kier molecular flexibility index (Phi) is 6.74. The van der Waals surface area contributed by atoms with Crippen molar-refractivity contribution < 1.29 is 24.1 Å². The third-order valence-electron chi connectivity index (χ3n) is 2.36. The maximum Gasteiger partial charge on any atom is 0.344 e. The van der Waals surface area contributed by atoms with Crippen molar-refractivity contribution >= 4 is 5.97 Å². The van der Waals surface area contributed by atoms with Crippen LogP contribution in [0.4, 0.5) is 0 Å². The smallest absolute Gasteiger partial charge is 0.344 e. The maximum absolute atomic E-state index is 11.2. The van der Waals surface area contributed by atoms with Crippen molar-refractivity contribution in [3.05, 3.63) is 23.8 Å². The molecule has 0 aromatic heterocycles. The number of rotatable bonds is 8. The predicted molar refractivity (Wildman–Crippen MR) is 70.5 cm³/mol. The number of hydrogen-bond donors (Lipinski definition) is 1. The van der Waals surface area contributed by atoms with E-state index in [4.69, 9.17) is 19.3 Å². The van der Waals surface area contributed by atoms with Crippen LogP contribution < -0.4 is 9.47 Å². The van der Waals surface area contributed by atoms with Crippen LogP contribution in [-0.2, 0) is 16.0 Å². The van der Waals surface area contributed by atoms with Crippen LogP contribution in [0, 0.1) is 0 Å². The topological polar surface area (TPSA) is 65.0 Å². The molecule has 1 N–H and O–H groups in total. The summed E-state index contributed by atoms with van der Waals surface area (Å²) in [5.74, 6) is 0.652. The number of esters is 1. The molecule has 0 spiro atoms. The van der Waals surface area contributed by atoms with Crippen LogP contribution >= 0.6 is 0 Å². The fraction of sp³-hybridized carbons (Fsp3) is 0.500. The molecule has 0 saturated carbocycles. The minimum absolute atomic E-state index is 0.0780. The van der Waals surface area contributed by atoms with Gasteiger partial charge >= 0.3 is 5.97 Å². The van der Waals surface area contributed by atoms with E-state index in [0.29, 0.717) is 31.1 Å². The molecule has 0 saturated heterocycles. The quantitative estimate of drug-likeness (QED) is 0.725. The highest BCUT2D eigenvalue weighted by Gasteiger charge is 2.09. The van der Waals surface area contributed by atoms with Gasteiger partial charge in [0.1, 0.15) is 0 Å². The van der Waals surface area contributed by atoms with Crippen LogP contribution in [0.15, 0.2) is 18.2 Å². The van der Waals surface area contributed by atoms with Gasteiger partial charge in [-0.15, -0.1) is 0 Å². The van der Waals surface area contributed by atoms with Gasteiger partial charge in [-0.3, -0.25) is 0 Å². The molecule has 106 valence electrons. The molecule has 0 amide bonds. The Labute approximate surface area is 113 Å². The SMILES string of the molecule is CCOC(=O)COc1ccc(CCO)cc1OCC. The second kappa shape index (κ2) is 8.37. The van der Waals surface area contributed by atoms with Crippen molar-refractivity contribution in [3.63, 3.8) is 0 Å². The molecule has 1 aromatic carbocycles. The van der Waals surface area contributed by atoms with Gasteiger partial charge in [-0.1, -0.05) is 6.07 Å². The first-order chi connectivity index (χ1) is 9.21. The second-order valence-corrected chi connectivity index (χ2v) is 3.78. The number of carbonyl (C=O) groups excluding carboxylic acids is 1. The third kappa shape index (κ3) is 5.18. The zero-order chi connectivity index (χ0) is 14.1. The molecule has 0 bridgehead atoms. The Bertz CT molecular complexity index is 403. The van der Waals surface area contributed by atoms with E-state index in [1.807, 2.05) is 13.0 Å². The van der Waals surface area contributed by atoms with Gasteiger partial charge in [-0.05, 0) is 38.0 Å². The van der Waals surface area contributed by atoms with Crippen LogP contribution in [-0.4, -0.2) is 37.5 Å². The van der Waals surface area contributed by atoms with E-state index >= 15 is 0 Å². The normalized spacial score (nSPS) is 10.1. The Morgan fingerprint density at radius 1 is 1.16 bits per heavy atom. The van der Waals surface area contributed by atoms with E-state index in [2.05, 4.69) is 0 Å². The first-order valence-electron chi connectivity index (χ1n) is 6.36. The Morgan fingerprint density at radius 2 is 1.95 bits per heavy atom. The Hall–Kier alpha value is -1.75. The summed E-state index contributed by atoms with van der Waals surface area (Å²) in [4.78, 5) is 11.2.